The lowest BCUT2D eigenvalue weighted by Gasteiger charge is -2.65. The van der Waals surface area contributed by atoms with Gasteiger partial charge in [0.2, 0.25) is 0 Å². The largest absolute Gasteiger partial charge is 0.299 e. The molecule has 2 aromatic rings. The van der Waals surface area contributed by atoms with Gasteiger partial charge in [-0.3, -0.25) is 4.79 Å². The van der Waals surface area contributed by atoms with Gasteiger partial charge in [-0.05, 0) is 77.3 Å². The fraction of sp³-hybridized carbons (Fsp3) is 0.533. The zero-order valence-electron chi connectivity index (χ0n) is 21.3. The van der Waals surface area contributed by atoms with Gasteiger partial charge in [0.05, 0.1) is 0 Å². The fourth-order valence-corrected chi connectivity index (χ4v) is 9.26. The van der Waals surface area contributed by atoms with Crippen molar-refractivity contribution in [1.29, 1.82) is 0 Å². The maximum atomic E-state index is 11.3. The first-order valence-electron chi connectivity index (χ1n) is 13.1. The van der Waals surface area contributed by atoms with E-state index in [1.165, 1.54) is 65.4 Å². The highest BCUT2D eigenvalue weighted by molar-refractivity contribution is 8.00. The average Bonchev–Trinajstić information content (AvgIpc) is 2.85. The molecular weight excluding hydrogens is 433 g/mol. The molecule has 0 bridgehead atoms. The van der Waals surface area contributed by atoms with Gasteiger partial charge in [0, 0.05) is 11.6 Å². The minimum atomic E-state index is 0.229. The van der Waals surface area contributed by atoms with E-state index in [-0.39, 0.29) is 5.41 Å². The van der Waals surface area contributed by atoms with E-state index in [4.69, 9.17) is 4.98 Å². The van der Waals surface area contributed by atoms with Crippen LogP contribution in [-0.4, -0.2) is 23.6 Å². The number of thioether (sulfide) groups is 1. The van der Waals surface area contributed by atoms with Gasteiger partial charge in [-0.15, -0.1) is 24.9 Å². The number of nitrogens with zero attached hydrogens (tertiary/aromatic N) is 1. The summed E-state index contributed by atoms with van der Waals surface area (Å²) in [7, 11) is 0. The number of rotatable bonds is 6. The Kier molecular flexibility index (Phi) is 7.77. The Morgan fingerprint density at radius 2 is 1.97 bits per heavy atom. The Morgan fingerprint density at radius 1 is 1.18 bits per heavy atom. The van der Waals surface area contributed by atoms with Crippen molar-refractivity contribution in [3.63, 3.8) is 0 Å². The Hall–Kier alpha value is -1.81. The van der Waals surface area contributed by atoms with Crippen LogP contribution in [-0.2, 0) is 4.79 Å². The first kappa shape index (κ1) is 25.3. The van der Waals surface area contributed by atoms with Crippen LogP contribution in [0.15, 0.2) is 66.4 Å². The molecule has 5 atom stereocenters. The molecule has 2 saturated carbocycles. The quantitative estimate of drug-likeness (QED) is 0.139. The van der Waals surface area contributed by atoms with Crippen molar-refractivity contribution in [2.45, 2.75) is 76.0 Å². The zero-order valence-corrected chi connectivity index (χ0v) is 22.1. The number of carbonyl (C=O) groups excluding carboxylic acids is 1. The molecule has 1 saturated heterocycles. The second-order valence-corrected chi connectivity index (χ2v) is 12.0. The number of allylic oxidation sites excluding steroid dienone is 2. The maximum absolute atomic E-state index is 11.3. The second-order valence-electron chi connectivity index (χ2n) is 11.0. The lowest BCUT2D eigenvalue weighted by atomic mass is 9.15. The summed E-state index contributed by atoms with van der Waals surface area (Å²) in [4.78, 5) is 16.1. The molecule has 0 spiro atoms. The highest BCUT2D eigenvalue weighted by Crippen LogP contribution is 2.70. The molecule has 2 aliphatic carbocycles. The van der Waals surface area contributed by atoms with Gasteiger partial charge in [0.15, 0.2) is 6.71 Å². The van der Waals surface area contributed by atoms with E-state index in [9.17, 15) is 4.79 Å². The summed E-state index contributed by atoms with van der Waals surface area (Å²) in [6, 6.07) is 10.7. The molecular formula is C30H40BNOS. The number of hydrogen-bond acceptors (Lipinski definition) is 3. The molecule has 2 nitrogen and oxygen atoms in total. The van der Waals surface area contributed by atoms with E-state index in [0.717, 1.165) is 37.2 Å². The summed E-state index contributed by atoms with van der Waals surface area (Å²) >= 11 is 1.97. The van der Waals surface area contributed by atoms with E-state index in [0.29, 0.717) is 5.31 Å². The number of pyridine rings is 1. The van der Waals surface area contributed by atoms with Crippen LogP contribution in [0.25, 0.3) is 10.8 Å². The fourth-order valence-electron chi connectivity index (χ4n) is 7.91. The molecule has 5 unspecified atom stereocenters. The number of carbonyl (C=O) groups is 1. The summed E-state index contributed by atoms with van der Waals surface area (Å²) in [6.07, 6.45) is 13.8. The number of fused-ring (bicyclic) bond motifs is 4. The van der Waals surface area contributed by atoms with Crippen molar-refractivity contribution < 1.29 is 4.79 Å². The van der Waals surface area contributed by atoms with Gasteiger partial charge in [-0.1, -0.05) is 69.8 Å². The summed E-state index contributed by atoms with van der Waals surface area (Å²) in [5.74, 6) is 2.46. The Labute approximate surface area is 211 Å². The molecule has 0 amide bonds. The minimum Gasteiger partial charge on any atom is -0.299 e. The van der Waals surface area contributed by atoms with Crippen LogP contribution in [0.1, 0.15) is 59.3 Å². The molecule has 34 heavy (non-hydrogen) atoms. The van der Waals surface area contributed by atoms with Crippen LogP contribution in [0.2, 0.25) is 11.6 Å². The van der Waals surface area contributed by atoms with Crippen molar-refractivity contribution in [2.24, 2.45) is 23.2 Å². The van der Waals surface area contributed by atoms with Gasteiger partial charge < -0.3 is 0 Å². The molecule has 5 rings (SSSR count). The first-order valence-corrected chi connectivity index (χ1v) is 14.1. The average molecular weight is 474 g/mol. The second kappa shape index (κ2) is 10.4. The van der Waals surface area contributed by atoms with E-state index in [1.807, 2.05) is 24.0 Å². The number of aldehydes is 1. The number of benzene rings is 1. The molecule has 3 aliphatic rings. The molecule has 0 radical (unpaired) electrons. The van der Waals surface area contributed by atoms with Crippen LogP contribution in [0.4, 0.5) is 0 Å². The normalized spacial score (nSPS) is 33.3. The summed E-state index contributed by atoms with van der Waals surface area (Å²) in [5, 5.41) is 4.26. The van der Waals surface area contributed by atoms with Crippen LogP contribution >= 0.6 is 11.8 Å². The van der Waals surface area contributed by atoms with Gasteiger partial charge in [-0.2, -0.15) is 0 Å². The third kappa shape index (κ3) is 4.21. The summed E-state index contributed by atoms with van der Waals surface area (Å²) in [6.45, 7) is 14.2. The molecule has 2 heterocycles. The Bertz CT molecular complexity index is 1050. The third-order valence-corrected chi connectivity index (χ3v) is 10.9. The van der Waals surface area contributed by atoms with E-state index >= 15 is 0 Å². The highest BCUT2D eigenvalue weighted by atomic mass is 32.2. The Morgan fingerprint density at radius 3 is 2.74 bits per heavy atom. The monoisotopic (exact) mass is 473 g/mol. The number of hydrogen-bond donors (Lipinski definition) is 0. The van der Waals surface area contributed by atoms with Gasteiger partial charge >= 0.3 is 0 Å². The van der Waals surface area contributed by atoms with E-state index < -0.39 is 0 Å². The Balaban J connectivity index is 0.00000133. The molecule has 1 aromatic carbocycles. The standard InChI is InChI=1S/C28H36BNOS.C2H4/c1-4-14-27(2)21(13-17-31)9-10-23-24(27)11-15-28(3)25(23)18-29(28)19-32-26-22-8-6-5-7-20(22)12-16-30-26;1-2/h5-8,12-13,16-17,23-25H,4,9-11,14-15,18-19H2,1-3H3;1-2H2/b21-13-;. The van der Waals surface area contributed by atoms with Crippen LogP contribution in [0, 0.1) is 23.2 Å². The number of aromatic nitrogens is 1. The topological polar surface area (TPSA) is 30.0 Å². The molecule has 1 aliphatic heterocycles. The molecule has 180 valence electrons. The predicted octanol–water partition coefficient (Wildman–Crippen LogP) is 8.30. The minimum absolute atomic E-state index is 0.229. The molecule has 1 aromatic heterocycles. The van der Waals surface area contributed by atoms with Crippen molar-refractivity contribution in [3.8, 4) is 0 Å². The van der Waals surface area contributed by atoms with Gasteiger partial charge in [0.1, 0.15) is 11.3 Å². The van der Waals surface area contributed by atoms with Crippen LogP contribution in [0.3, 0.4) is 0 Å². The van der Waals surface area contributed by atoms with Crippen molar-refractivity contribution >= 4 is 35.5 Å². The summed E-state index contributed by atoms with van der Waals surface area (Å²) < 4.78 is 0. The predicted molar refractivity (Wildman–Crippen MR) is 149 cm³/mol. The van der Waals surface area contributed by atoms with E-state index in [2.05, 4.69) is 64.3 Å². The van der Waals surface area contributed by atoms with Crippen molar-refractivity contribution in [1.82, 2.24) is 4.98 Å². The SMILES string of the molecule is C=C.CCCC1(C)/C(=C\C=O)CCC2C3CB(CSc4nccc5ccccc45)C3(C)CCC21. The van der Waals surface area contributed by atoms with Gasteiger partial charge in [0.25, 0.3) is 0 Å². The molecule has 3 fully saturated rings. The molecule has 0 N–H and O–H groups in total. The van der Waals surface area contributed by atoms with Crippen molar-refractivity contribution in [2.75, 3.05) is 5.65 Å². The van der Waals surface area contributed by atoms with Crippen molar-refractivity contribution in [3.05, 3.63) is 61.3 Å². The van der Waals surface area contributed by atoms with Gasteiger partial charge in [-0.25, -0.2) is 4.98 Å². The smallest absolute Gasteiger partial charge is 0.158 e. The van der Waals surface area contributed by atoms with Crippen LogP contribution < -0.4 is 0 Å². The van der Waals surface area contributed by atoms with Crippen LogP contribution in [0.5, 0.6) is 0 Å². The summed E-state index contributed by atoms with van der Waals surface area (Å²) in [5.41, 5.74) is 2.85. The maximum Gasteiger partial charge on any atom is 0.158 e. The van der Waals surface area contributed by atoms with E-state index in [1.54, 1.807) is 0 Å². The molecule has 4 heteroatoms. The lowest BCUT2D eigenvalue weighted by Crippen LogP contribution is -2.59. The highest BCUT2D eigenvalue weighted by Gasteiger charge is 2.62. The first-order chi connectivity index (χ1) is 16.5. The zero-order chi connectivity index (χ0) is 24.3. The lowest BCUT2D eigenvalue weighted by molar-refractivity contribution is -0.104. The third-order valence-electron chi connectivity index (χ3n) is 9.74.